The number of carbonyl (C=O) groups is 2. The summed E-state index contributed by atoms with van der Waals surface area (Å²) >= 11 is 0. The van der Waals surface area contributed by atoms with E-state index in [0.717, 1.165) is 25.8 Å². The third kappa shape index (κ3) is 3.08. The van der Waals surface area contributed by atoms with Crippen molar-refractivity contribution in [3.63, 3.8) is 0 Å². The minimum atomic E-state index is -0.389. The molecule has 5 heteroatoms. The second-order valence-corrected chi connectivity index (χ2v) is 5.96. The van der Waals surface area contributed by atoms with E-state index in [1.807, 2.05) is 11.8 Å². The first-order valence-corrected chi connectivity index (χ1v) is 7.36. The van der Waals surface area contributed by atoms with E-state index in [2.05, 4.69) is 12.2 Å². The summed E-state index contributed by atoms with van der Waals surface area (Å²) in [5.74, 6) is 0.845. The van der Waals surface area contributed by atoms with Crippen molar-refractivity contribution < 1.29 is 9.59 Å². The van der Waals surface area contributed by atoms with Crippen LogP contribution in [0.4, 0.5) is 0 Å². The van der Waals surface area contributed by atoms with Gasteiger partial charge in [0.05, 0.1) is 6.04 Å². The molecule has 3 N–H and O–H groups in total. The van der Waals surface area contributed by atoms with Crippen LogP contribution in [0.2, 0.25) is 0 Å². The number of carbonyl (C=O) groups excluding carboxylic acids is 2. The van der Waals surface area contributed by atoms with E-state index in [9.17, 15) is 9.59 Å². The number of piperidine rings is 2. The summed E-state index contributed by atoms with van der Waals surface area (Å²) in [4.78, 5) is 25.6. The molecule has 0 saturated carbocycles. The standard InChI is InChI=1S/C14H25N3O2/c1-3-9(2)13(15)14(19)17-7-6-11-10(8-17)4-5-12(18)16-11/h9-11,13H,3-8,15H2,1-2H3,(H,16,18)/t9-,10?,11?,13-/m0/s1. The molecule has 2 unspecified atom stereocenters. The molecule has 0 spiro atoms. The van der Waals surface area contributed by atoms with Gasteiger partial charge in [-0.15, -0.1) is 0 Å². The molecular formula is C14H25N3O2. The van der Waals surface area contributed by atoms with Crippen LogP contribution in [0.3, 0.4) is 0 Å². The molecule has 0 radical (unpaired) electrons. The van der Waals surface area contributed by atoms with Crippen molar-refractivity contribution in [1.29, 1.82) is 0 Å². The van der Waals surface area contributed by atoms with E-state index >= 15 is 0 Å². The number of rotatable bonds is 3. The molecule has 2 aliphatic heterocycles. The Labute approximate surface area is 114 Å². The van der Waals surface area contributed by atoms with E-state index in [-0.39, 0.29) is 29.8 Å². The van der Waals surface area contributed by atoms with E-state index in [4.69, 9.17) is 5.73 Å². The van der Waals surface area contributed by atoms with Gasteiger partial charge < -0.3 is 16.0 Å². The fraction of sp³-hybridized carbons (Fsp3) is 0.857. The van der Waals surface area contributed by atoms with Gasteiger partial charge >= 0.3 is 0 Å². The Bertz CT molecular complexity index is 359. The predicted molar refractivity (Wildman–Crippen MR) is 73.3 cm³/mol. The van der Waals surface area contributed by atoms with Gasteiger partial charge in [0.25, 0.3) is 0 Å². The zero-order chi connectivity index (χ0) is 14.0. The maximum Gasteiger partial charge on any atom is 0.239 e. The molecule has 4 atom stereocenters. The smallest absolute Gasteiger partial charge is 0.239 e. The number of nitrogens with one attached hydrogen (secondary N) is 1. The van der Waals surface area contributed by atoms with Crippen LogP contribution in [0, 0.1) is 11.8 Å². The first-order chi connectivity index (χ1) is 9.02. The highest BCUT2D eigenvalue weighted by Gasteiger charge is 2.36. The lowest BCUT2D eigenvalue weighted by Crippen LogP contribution is -2.58. The number of nitrogens with two attached hydrogens (primary N) is 1. The SMILES string of the molecule is CC[C@H](C)[C@H](N)C(=O)N1CCC2NC(=O)CCC2C1. The quantitative estimate of drug-likeness (QED) is 0.781. The maximum atomic E-state index is 12.4. The Kier molecular flexibility index (Phi) is 4.45. The minimum Gasteiger partial charge on any atom is -0.353 e. The Hall–Kier alpha value is -1.10. The minimum absolute atomic E-state index is 0.0738. The molecule has 0 aromatic carbocycles. The summed E-state index contributed by atoms with van der Waals surface area (Å²) in [7, 11) is 0. The lowest BCUT2D eigenvalue weighted by atomic mass is 9.84. The average molecular weight is 267 g/mol. The summed E-state index contributed by atoms with van der Waals surface area (Å²) in [5, 5.41) is 3.03. The van der Waals surface area contributed by atoms with Crippen molar-refractivity contribution in [2.75, 3.05) is 13.1 Å². The molecule has 2 saturated heterocycles. The first-order valence-electron chi connectivity index (χ1n) is 7.36. The summed E-state index contributed by atoms with van der Waals surface area (Å²) in [6.45, 7) is 5.54. The number of likely N-dealkylation sites (tertiary alicyclic amines) is 1. The van der Waals surface area contributed by atoms with E-state index in [0.29, 0.717) is 18.9 Å². The Balaban J connectivity index is 1.93. The van der Waals surface area contributed by atoms with Crippen LogP contribution in [0.5, 0.6) is 0 Å². The molecule has 108 valence electrons. The van der Waals surface area contributed by atoms with Crippen LogP contribution in [-0.4, -0.2) is 41.9 Å². The lowest BCUT2D eigenvalue weighted by Gasteiger charge is -2.42. The van der Waals surface area contributed by atoms with Gasteiger partial charge in [0.2, 0.25) is 11.8 Å². The molecule has 19 heavy (non-hydrogen) atoms. The van der Waals surface area contributed by atoms with E-state index in [1.54, 1.807) is 0 Å². The molecule has 2 rings (SSSR count). The van der Waals surface area contributed by atoms with Gasteiger partial charge in [-0.25, -0.2) is 0 Å². The molecule has 0 bridgehead atoms. The molecule has 0 aliphatic carbocycles. The van der Waals surface area contributed by atoms with E-state index in [1.165, 1.54) is 0 Å². The molecule has 2 aliphatic rings. The second-order valence-electron chi connectivity index (χ2n) is 5.96. The number of fused-ring (bicyclic) bond motifs is 1. The lowest BCUT2D eigenvalue weighted by molar-refractivity contribution is -0.137. The van der Waals surface area contributed by atoms with Crippen molar-refractivity contribution in [3.05, 3.63) is 0 Å². The Morgan fingerprint density at radius 1 is 1.53 bits per heavy atom. The summed E-state index contributed by atoms with van der Waals surface area (Å²) in [5.41, 5.74) is 6.03. The zero-order valence-corrected chi connectivity index (χ0v) is 11.9. The summed E-state index contributed by atoms with van der Waals surface area (Å²) < 4.78 is 0. The maximum absolute atomic E-state index is 12.4. The zero-order valence-electron chi connectivity index (χ0n) is 11.9. The third-order valence-corrected chi connectivity index (χ3v) is 4.68. The van der Waals surface area contributed by atoms with Gasteiger partial charge in [-0.1, -0.05) is 20.3 Å². The monoisotopic (exact) mass is 267 g/mol. The van der Waals surface area contributed by atoms with Gasteiger partial charge in [0.1, 0.15) is 0 Å². The van der Waals surface area contributed by atoms with E-state index < -0.39 is 0 Å². The molecule has 2 heterocycles. The predicted octanol–water partition coefficient (Wildman–Crippen LogP) is 0.487. The van der Waals surface area contributed by atoms with Crippen LogP contribution in [-0.2, 0) is 9.59 Å². The number of hydrogen-bond acceptors (Lipinski definition) is 3. The average Bonchev–Trinajstić information content (AvgIpc) is 2.44. The normalized spacial score (nSPS) is 30.3. The molecule has 0 aromatic heterocycles. The fourth-order valence-corrected chi connectivity index (χ4v) is 3.02. The van der Waals surface area contributed by atoms with Gasteiger partial charge in [-0.05, 0) is 24.7 Å². The largest absolute Gasteiger partial charge is 0.353 e. The topological polar surface area (TPSA) is 75.4 Å². The Morgan fingerprint density at radius 2 is 2.26 bits per heavy atom. The van der Waals surface area contributed by atoms with Gasteiger partial charge in [0, 0.05) is 25.6 Å². The van der Waals surface area contributed by atoms with Crippen LogP contribution in [0.15, 0.2) is 0 Å². The second kappa shape index (κ2) is 5.90. The van der Waals surface area contributed by atoms with Gasteiger partial charge in [0.15, 0.2) is 0 Å². The van der Waals surface area contributed by atoms with Crippen molar-refractivity contribution in [3.8, 4) is 0 Å². The number of nitrogens with zero attached hydrogens (tertiary/aromatic N) is 1. The molecule has 2 amide bonds. The summed E-state index contributed by atoms with van der Waals surface area (Å²) in [6.07, 6.45) is 3.25. The van der Waals surface area contributed by atoms with Crippen LogP contribution in [0.1, 0.15) is 39.5 Å². The van der Waals surface area contributed by atoms with Crippen LogP contribution >= 0.6 is 0 Å². The number of amides is 2. The van der Waals surface area contributed by atoms with Crippen molar-refractivity contribution in [1.82, 2.24) is 10.2 Å². The van der Waals surface area contributed by atoms with Crippen molar-refractivity contribution >= 4 is 11.8 Å². The number of hydrogen-bond donors (Lipinski definition) is 2. The van der Waals surface area contributed by atoms with Gasteiger partial charge in [-0.3, -0.25) is 9.59 Å². The van der Waals surface area contributed by atoms with Crippen molar-refractivity contribution in [2.45, 2.75) is 51.6 Å². The van der Waals surface area contributed by atoms with Crippen LogP contribution < -0.4 is 11.1 Å². The van der Waals surface area contributed by atoms with Gasteiger partial charge in [-0.2, -0.15) is 0 Å². The molecule has 5 nitrogen and oxygen atoms in total. The molecule has 2 fully saturated rings. The Morgan fingerprint density at radius 3 is 2.95 bits per heavy atom. The molecule has 0 aromatic rings. The highest BCUT2D eigenvalue weighted by atomic mass is 16.2. The first kappa shape index (κ1) is 14.3. The highest BCUT2D eigenvalue weighted by Crippen LogP contribution is 2.26. The third-order valence-electron chi connectivity index (χ3n) is 4.68. The van der Waals surface area contributed by atoms with Crippen molar-refractivity contribution in [2.24, 2.45) is 17.6 Å². The highest BCUT2D eigenvalue weighted by molar-refractivity contribution is 5.82. The summed E-state index contributed by atoms with van der Waals surface area (Å²) in [6, 6.07) is -0.134. The fourth-order valence-electron chi connectivity index (χ4n) is 3.02. The molecular weight excluding hydrogens is 242 g/mol. The van der Waals surface area contributed by atoms with Crippen LogP contribution in [0.25, 0.3) is 0 Å².